The van der Waals surface area contributed by atoms with Crippen molar-refractivity contribution >= 4 is 53.4 Å². The van der Waals surface area contributed by atoms with Gasteiger partial charge in [0.05, 0.1) is 11.1 Å². The Labute approximate surface area is 157 Å². The number of nitrogens with zero attached hydrogens (tertiary/aromatic N) is 2. The number of amides is 3. The van der Waals surface area contributed by atoms with Gasteiger partial charge in [-0.2, -0.15) is 0 Å². The molecule has 1 atom stereocenters. The Hall–Kier alpha value is -2.49. The maximum atomic E-state index is 11.3. The molecule has 118 valence electrons. The molecule has 1 fully saturated rings. The van der Waals surface area contributed by atoms with Gasteiger partial charge >= 0.3 is 35.6 Å². The molecule has 0 bridgehead atoms. The Morgan fingerprint density at radius 2 is 1.88 bits per heavy atom. The van der Waals surface area contributed by atoms with Crippen molar-refractivity contribution in [3.63, 3.8) is 0 Å². The van der Waals surface area contributed by atoms with Crippen LogP contribution in [0.15, 0.2) is 45.8 Å². The van der Waals surface area contributed by atoms with E-state index in [-0.39, 0.29) is 35.2 Å². The fraction of sp³-hybridized carbons (Fsp3) is 0.0714. The average Bonchev–Trinajstić information content (AvgIpc) is 3.11. The van der Waals surface area contributed by atoms with Crippen molar-refractivity contribution in [3.05, 3.63) is 52.3 Å². The summed E-state index contributed by atoms with van der Waals surface area (Å²) in [6, 6.07) is 8.62. The molecule has 0 aliphatic carbocycles. The zero-order valence-corrected chi connectivity index (χ0v) is 11.6. The third kappa shape index (κ3) is 3.88. The number of nitrogens with one attached hydrogen (secondary N) is 2. The molecule has 3 amide bonds. The first-order chi connectivity index (χ1) is 11.0. The van der Waals surface area contributed by atoms with E-state index in [1.807, 2.05) is 0 Å². The monoisotopic (exact) mass is 338 g/mol. The van der Waals surface area contributed by atoms with Crippen LogP contribution in [0.3, 0.4) is 0 Å². The second-order valence-corrected chi connectivity index (χ2v) is 4.65. The van der Waals surface area contributed by atoms with Gasteiger partial charge in [0.2, 0.25) is 6.17 Å². The van der Waals surface area contributed by atoms with Crippen molar-refractivity contribution in [2.45, 2.75) is 6.17 Å². The number of rotatable bonds is 4. The van der Waals surface area contributed by atoms with Crippen LogP contribution in [0.4, 0.5) is 10.5 Å². The number of carbonyl (C=O) groups is 2. The molecule has 0 saturated carbocycles. The summed E-state index contributed by atoms with van der Waals surface area (Å²) in [6.07, 6.45) is 0.348. The molecular weight excluding hydrogens is 327 g/mol. The van der Waals surface area contributed by atoms with Crippen molar-refractivity contribution < 1.29 is 18.9 Å². The summed E-state index contributed by atoms with van der Waals surface area (Å²) in [5.41, 5.74) is 0.659. The Morgan fingerprint density at radius 3 is 2.46 bits per heavy atom. The molecule has 3 rings (SSSR count). The zero-order valence-electron chi connectivity index (χ0n) is 11.6. The summed E-state index contributed by atoms with van der Waals surface area (Å²) >= 11 is 0. The fourth-order valence-corrected chi connectivity index (χ4v) is 1.98. The van der Waals surface area contributed by atoms with Crippen LogP contribution in [-0.4, -0.2) is 58.8 Å². The minimum absolute atomic E-state index is 0. The van der Waals surface area contributed by atoms with Crippen molar-refractivity contribution in [3.8, 4) is 11.3 Å². The van der Waals surface area contributed by atoms with E-state index in [1.165, 1.54) is 18.3 Å². The van der Waals surface area contributed by atoms with Gasteiger partial charge in [0.25, 0.3) is 11.6 Å². The third-order valence-electron chi connectivity index (χ3n) is 3.09. The van der Waals surface area contributed by atoms with Gasteiger partial charge in [-0.05, 0) is 24.3 Å². The van der Waals surface area contributed by atoms with E-state index in [9.17, 15) is 19.7 Å². The van der Waals surface area contributed by atoms with Crippen LogP contribution >= 0.6 is 0 Å². The Kier molecular flexibility index (Phi) is 5.50. The first-order valence-electron chi connectivity index (χ1n) is 6.52. The molecular formula is C14H11N4NaO5. The molecule has 2 heterocycles. The second-order valence-electron chi connectivity index (χ2n) is 4.65. The van der Waals surface area contributed by atoms with Crippen LogP contribution in [0, 0.1) is 10.1 Å². The fourth-order valence-electron chi connectivity index (χ4n) is 1.98. The van der Waals surface area contributed by atoms with Gasteiger partial charge in [-0.15, -0.1) is 0 Å². The molecule has 1 aliphatic rings. The van der Waals surface area contributed by atoms with E-state index in [1.54, 1.807) is 24.3 Å². The second kappa shape index (κ2) is 7.39. The molecule has 1 saturated heterocycles. The quantitative estimate of drug-likeness (QED) is 0.280. The van der Waals surface area contributed by atoms with Gasteiger partial charge in [-0.1, -0.05) is 0 Å². The van der Waals surface area contributed by atoms with E-state index in [0.29, 0.717) is 17.1 Å². The molecule has 10 heteroatoms. The molecule has 1 aromatic heterocycles. The summed E-state index contributed by atoms with van der Waals surface area (Å²) in [5.74, 6) is 0.349. The first kappa shape index (κ1) is 17.9. The molecule has 24 heavy (non-hydrogen) atoms. The molecule has 2 aromatic rings. The van der Waals surface area contributed by atoms with E-state index in [4.69, 9.17) is 4.42 Å². The average molecular weight is 338 g/mol. The Morgan fingerprint density at radius 1 is 1.17 bits per heavy atom. The number of hydrogen-bond donors (Lipinski definition) is 2. The first-order valence-corrected chi connectivity index (χ1v) is 6.52. The molecule has 9 nitrogen and oxygen atoms in total. The Bertz CT molecular complexity index is 815. The maximum absolute atomic E-state index is 11.3. The number of carbonyl (C=O) groups excluding carboxylic acids is 2. The number of nitro benzene ring substituents is 1. The zero-order chi connectivity index (χ0) is 16.4. The van der Waals surface area contributed by atoms with E-state index in [2.05, 4.69) is 15.6 Å². The van der Waals surface area contributed by atoms with Crippen LogP contribution in [0.1, 0.15) is 5.76 Å². The molecule has 1 aliphatic heterocycles. The minimum atomic E-state index is -0.976. The van der Waals surface area contributed by atoms with E-state index in [0.717, 1.165) is 0 Å². The Balaban J connectivity index is 0.00000208. The molecule has 2 N–H and O–H groups in total. The van der Waals surface area contributed by atoms with Crippen molar-refractivity contribution in [1.29, 1.82) is 0 Å². The number of imide groups is 1. The summed E-state index contributed by atoms with van der Waals surface area (Å²) in [6.45, 7) is 0. The van der Waals surface area contributed by atoms with Crippen LogP contribution < -0.4 is 10.6 Å². The van der Waals surface area contributed by atoms with Crippen LogP contribution in [-0.2, 0) is 4.79 Å². The van der Waals surface area contributed by atoms with Gasteiger partial charge < -0.3 is 9.73 Å². The number of hydrogen-bond acceptors (Lipinski definition) is 6. The number of benzene rings is 1. The van der Waals surface area contributed by atoms with Gasteiger partial charge in [-0.3, -0.25) is 25.2 Å². The van der Waals surface area contributed by atoms with Crippen LogP contribution in [0.5, 0.6) is 0 Å². The van der Waals surface area contributed by atoms with Crippen LogP contribution in [0.25, 0.3) is 11.3 Å². The van der Waals surface area contributed by atoms with Crippen molar-refractivity contribution in [1.82, 2.24) is 10.6 Å². The number of non-ortho nitro benzene ring substituents is 1. The predicted molar refractivity (Wildman–Crippen MR) is 86.0 cm³/mol. The van der Waals surface area contributed by atoms with Gasteiger partial charge in [0.1, 0.15) is 11.5 Å². The van der Waals surface area contributed by atoms with Crippen LogP contribution in [0.2, 0.25) is 0 Å². The summed E-state index contributed by atoms with van der Waals surface area (Å²) in [4.78, 5) is 36.3. The summed E-state index contributed by atoms with van der Waals surface area (Å²) in [5, 5.41) is 15.0. The van der Waals surface area contributed by atoms with E-state index < -0.39 is 23.0 Å². The standard InChI is InChI=1S/C14H10N4O5.Na.H/c19-13-12(16-14(20)17-13)15-7-10-5-6-11(23-10)8-1-3-9(4-2-8)18(21)22;;/h1-7,12H,(H2,16,17,19,20);;. The molecule has 0 spiro atoms. The number of furan rings is 1. The summed E-state index contributed by atoms with van der Waals surface area (Å²) in [7, 11) is 0. The molecule has 1 unspecified atom stereocenters. The SMILES string of the molecule is O=C1NC(=O)C(N=Cc2ccc(-c3ccc([N+](=O)[O-])cc3)o2)N1.[NaH]. The van der Waals surface area contributed by atoms with Crippen molar-refractivity contribution in [2.75, 3.05) is 0 Å². The normalized spacial score (nSPS) is 16.6. The number of urea groups is 1. The van der Waals surface area contributed by atoms with Gasteiger partial charge in [0.15, 0.2) is 0 Å². The predicted octanol–water partition coefficient (Wildman–Crippen LogP) is 0.791. The third-order valence-corrected chi connectivity index (χ3v) is 3.09. The summed E-state index contributed by atoms with van der Waals surface area (Å²) < 4.78 is 5.53. The number of nitro groups is 1. The molecule has 1 aromatic carbocycles. The molecule has 0 radical (unpaired) electrons. The van der Waals surface area contributed by atoms with Gasteiger partial charge in [-0.25, -0.2) is 4.79 Å². The topological polar surface area (TPSA) is 127 Å². The van der Waals surface area contributed by atoms with E-state index >= 15 is 0 Å². The number of aliphatic imine (C=N–C) groups is 1. The van der Waals surface area contributed by atoms with Crippen molar-refractivity contribution in [2.24, 2.45) is 4.99 Å². The van der Waals surface area contributed by atoms with Gasteiger partial charge in [0, 0.05) is 17.7 Å².